The zero-order valence-electron chi connectivity index (χ0n) is 12.2. The van der Waals surface area contributed by atoms with E-state index < -0.39 is 5.91 Å². The van der Waals surface area contributed by atoms with Gasteiger partial charge in [0.1, 0.15) is 11.5 Å². The predicted molar refractivity (Wildman–Crippen MR) is 88.2 cm³/mol. The van der Waals surface area contributed by atoms with Crippen molar-refractivity contribution < 1.29 is 4.79 Å². The summed E-state index contributed by atoms with van der Waals surface area (Å²) in [6.45, 7) is 3.04. The number of unbranched alkanes of at least 4 members (excludes halogenated alkanes) is 1. The number of nitrogens with one attached hydrogen (secondary N) is 1. The maximum absolute atomic E-state index is 11.2. The number of amides is 1. The molecule has 22 heavy (non-hydrogen) atoms. The average molecular weight is 315 g/mol. The minimum absolute atomic E-state index is 0.417. The summed E-state index contributed by atoms with van der Waals surface area (Å²) in [5.41, 5.74) is 6.93. The highest BCUT2D eigenvalue weighted by molar-refractivity contribution is 7.17. The van der Waals surface area contributed by atoms with Gasteiger partial charge in [0.2, 0.25) is 0 Å². The Morgan fingerprint density at radius 2 is 2.23 bits per heavy atom. The fraction of sp³-hybridized carbons (Fsp3) is 0.267. The molecule has 0 atom stereocenters. The second-order valence-electron chi connectivity index (χ2n) is 4.94. The van der Waals surface area contributed by atoms with Gasteiger partial charge in [0.15, 0.2) is 5.65 Å². The first-order valence-electron chi connectivity index (χ1n) is 7.17. The minimum Gasteiger partial charge on any atom is -0.369 e. The summed E-state index contributed by atoms with van der Waals surface area (Å²) in [5.74, 6) is 0.395. The molecule has 0 aliphatic carbocycles. The lowest BCUT2D eigenvalue weighted by molar-refractivity contribution is 0.100. The van der Waals surface area contributed by atoms with E-state index in [1.54, 1.807) is 16.8 Å². The van der Waals surface area contributed by atoms with Crippen LogP contribution < -0.4 is 11.1 Å². The highest BCUT2D eigenvalue weighted by Crippen LogP contribution is 2.28. The minimum atomic E-state index is -0.417. The molecule has 6 nitrogen and oxygen atoms in total. The number of carbonyl (C=O) groups excluding carboxylic acids is 1. The van der Waals surface area contributed by atoms with E-state index in [0.717, 1.165) is 41.4 Å². The third-order valence-electron chi connectivity index (χ3n) is 3.30. The van der Waals surface area contributed by atoms with E-state index in [9.17, 15) is 4.79 Å². The summed E-state index contributed by atoms with van der Waals surface area (Å²) in [4.78, 5) is 17.0. The van der Waals surface area contributed by atoms with Gasteiger partial charge in [0.25, 0.3) is 5.91 Å². The van der Waals surface area contributed by atoms with Crippen molar-refractivity contribution in [2.75, 3.05) is 11.9 Å². The van der Waals surface area contributed by atoms with Crippen LogP contribution in [0.3, 0.4) is 0 Å². The number of imidazole rings is 1. The van der Waals surface area contributed by atoms with Crippen molar-refractivity contribution in [2.24, 2.45) is 5.73 Å². The molecule has 0 radical (unpaired) electrons. The Hall–Kier alpha value is -2.41. The number of fused-ring (bicyclic) bond motifs is 1. The number of nitrogens with two attached hydrogens (primary N) is 1. The fourth-order valence-corrected chi connectivity index (χ4v) is 2.99. The van der Waals surface area contributed by atoms with Crippen LogP contribution in [0.15, 0.2) is 30.5 Å². The Labute approximate surface area is 132 Å². The normalized spacial score (nSPS) is 11.0. The molecule has 1 amide bonds. The lowest BCUT2D eigenvalue weighted by atomic mass is 10.3. The van der Waals surface area contributed by atoms with Crippen molar-refractivity contribution in [1.29, 1.82) is 0 Å². The number of thiophene rings is 1. The Balaban J connectivity index is 1.95. The fourth-order valence-electron chi connectivity index (χ4n) is 2.14. The number of anilines is 1. The van der Waals surface area contributed by atoms with Crippen LogP contribution in [0, 0.1) is 0 Å². The molecule has 0 bridgehead atoms. The van der Waals surface area contributed by atoms with Gasteiger partial charge in [-0.2, -0.15) is 0 Å². The molecule has 0 saturated heterocycles. The summed E-state index contributed by atoms with van der Waals surface area (Å²) in [7, 11) is 0. The standard InChI is InChI=1S/C15H17N5OS/c1-2-3-8-17-13-6-7-14-18-9-10(20(14)19-13)11-4-5-12(22-11)15(16)21/h4-7,9H,2-3,8H2,1H3,(H2,16,21)(H,17,19). The van der Waals surface area contributed by atoms with Gasteiger partial charge in [-0.15, -0.1) is 16.4 Å². The first-order valence-corrected chi connectivity index (χ1v) is 7.99. The second-order valence-corrected chi connectivity index (χ2v) is 6.02. The average Bonchev–Trinajstić information content (AvgIpc) is 3.13. The summed E-state index contributed by atoms with van der Waals surface area (Å²) in [6.07, 6.45) is 3.99. The summed E-state index contributed by atoms with van der Waals surface area (Å²) < 4.78 is 1.78. The van der Waals surface area contributed by atoms with Gasteiger partial charge in [-0.25, -0.2) is 9.50 Å². The molecule has 3 rings (SSSR count). The first kappa shape index (κ1) is 14.5. The van der Waals surface area contributed by atoms with E-state index in [1.165, 1.54) is 11.3 Å². The topological polar surface area (TPSA) is 85.3 Å². The van der Waals surface area contributed by atoms with Gasteiger partial charge in [-0.3, -0.25) is 4.79 Å². The zero-order chi connectivity index (χ0) is 15.5. The lowest BCUT2D eigenvalue weighted by Gasteiger charge is -2.05. The molecule has 3 heterocycles. The van der Waals surface area contributed by atoms with Gasteiger partial charge >= 0.3 is 0 Å². The Kier molecular flexibility index (Phi) is 4.06. The van der Waals surface area contributed by atoms with E-state index in [0.29, 0.717) is 4.88 Å². The molecule has 3 aromatic heterocycles. The lowest BCUT2D eigenvalue weighted by Crippen LogP contribution is -2.08. The zero-order valence-corrected chi connectivity index (χ0v) is 13.1. The molecule has 3 aromatic rings. The molecule has 0 saturated carbocycles. The van der Waals surface area contributed by atoms with Crippen LogP contribution >= 0.6 is 11.3 Å². The van der Waals surface area contributed by atoms with Crippen molar-refractivity contribution in [1.82, 2.24) is 14.6 Å². The van der Waals surface area contributed by atoms with Crippen LogP contribution in [0.2, 0.25) is 0 Å². The number of rotatable bonds is 6. The van der Waals surface area contributed by atoms with Crippen molar-refractivity contribution in [3.05, 3.63) is 35.3 Å². The molecule has 0 aromatic carbocycles. The Morgan fingerprint density at radius 1 is 1.36 bits per heavy atom. The number of nitrogens with zero attached hydrogens (tertiary/aromatic N) is 3. The quantitative estimate of drug-likeness (QED) is 0.685. The SMILES string of the molecule is CCCCNc1ccc2ncc(-c3ccc(C(N)=O)s3)n2n1. The molecule has 0 aliphatic heterocycles. The van der Waals surface area contributed by atoms with Gasteiger partial charge < -0.3 is 11.1 Å². The monoisotopic (exact) mass is 315 g/mol. The maximum atomic E-state index is 11.2. The van der Waals surface area contributed by atoms with E-state index in [-0.39, 0.29) is 0 Å². The van der Waals surface area contributed by atoms with Gasteiger partial charge in [-0.1, -0.05) is 13.3 Å². The van der Waals surface area contributed by atoms with E-state index >= 15 is 0 Å². The molecule has 7 heteroatoms. The predicted octanol–water partition coefficient (Wildman–Crippen LogP) is 2.77. The van der Waals surface area contributed by atoms with Crippen LogP contribution in [0.1, 0.15) is 29.4 Å². The van der Waals surface area contributed by atoms with Crippen molar-refractivity contribution >= 4 is 28.7 Å². The highest BCUT2D eigenvalue weighted by atomic mass is 32.1. The van der Waals surface area contributed by atoms with Crippen LogP contribution in [0.5, 0.6) is 0 Å². The van der Waals surface area contributed by atoms with Crippen molar-refractivity contribution in [3.63, 3.8) is 0 Å². The van der Waals surface area contributed by atoms with Crippen LogP contribution in [0.4, 0.5) is 5.82 Å². The number of hydrogen-bond acceptors (Lipinski definition) is 5. The number of hydrogen-bond donors (Lipinski definition) is 2. The molecule has 0 fully saturated rings. The second kappa shape index (κ2) is 6.15. The van der Waals surface area contributed by atoms with Crippen LogP contribution in [0.25, 0.3) is 16.2 Å². The third kappa shape index (κ3) is 2.80. The Bertz CT molecular complexity index is 807. The number of aromatic nitrogens is 3. The molecule has 114 valence electrons. The summed E-state index contributed by atoms with van der Waals surface area (Å²) in [5, 5.41) is 7.87. The van der Waals surface area contributed by atoms with E-state index in [4.69, 9.17) is 5.73 Å². The first-order chi connectivity index (χ1) is 10.7. The summed E-state index contributed by atoms with van der Waals surface area (Å²) >= 11 is 1.35. The molecular formula is C15H17N5OS. The van der Waals surface area contributed by atoms with Crippen LogP contribution in [-0.2, 0) is 0 Å². The molecule has 0 unspecified atom stereocenters. The molecule has 0 aliphatic rings. The third-order valence-corrected chi connectivity index (χ3v) is 4.42. The van der Waals surface area contributed by atoms with Crippen LogP contribution in [-0.4, -0.2) is 27.0 Å². The van der Waals surface area contributed by atoms with Crippen molar-refractivity contribution in [2.45, 2.75) is 19.8 Å². The smallest absolute Gasteiger partial charge is 0.258 e. The molecular weight excluding hydrogens is 298 g/mol. The van der Waals surface area contributed by atoms with E-state index in [1.807, 2.05) is 18.2 Å². The Morgan fingerprint density at radius 3 is 2.95 bits per heavy atom. The van der Waals surface area contributed by atoms with Gasteiger partial charge in [0.05, 0.1) is 16.0 Å². The van der Waals surface area contributed by atoms with Crippen molar-refractivity contribution in [3.8, 4) is 10.6 Å². The largest absolute Gasteiger partial charge is 0.369 e. The number of primary amides is 1. The maximum Gasteiger partial charge on any atom is 0.258 e. The summed E-state index contributed by atoms with van der Waals surface area (Å²) in [6, 6.07) is 7.44. The molecule has 0 spiro atoms. The molecule has 3 N–H and O–H groups in total. The van der Waals surface area contributed by atoms with Gasteiger partial charge in [0, 0.05) is 6.54 Å². The van der Waals surface area contributed by atoms with E-state index in [2.05, 4.69) is 22.3 Å². The number of carbonyl (C=O) groups is 1. The van der Waals surface area contributed by atoms with Gasteiger partial charge in [-0.05, 0) is 30.7 Å². The highest BCUT2D eigenvalue weighted by Gasteiger charge is 2.12.